The maximum absolute atomic E-state index is 12.7. The fourth-order valence-corrected chi connectivity index (χ4v) is 3.51. The molecule has 0 saturated heterocycles. The molecule has 3 aliphatic rings. The molecular formula is C17H22N2O. The Balaban J connectivity index is 1.55. The zero-order chi connectivity index (χ0) is 13.5. The van der Waals surface area contributed by atoms with Gasteiger partial charge >= 0.3 is 0 Å². The molecule has 1 aromatic rings. The van der Waals surface area contributed by atoms with E-state index in [1.807, 2.05) is 12.1 Å². The van der Waals surface area contributed by atoms with Crippen LogP contribution in [-0.4, -0.2) is 18.5 Å². The number of hydrogen-bond donors (Lipinski definition) is 2. The monoisotopic (exact) mass is 270 g/mol. The molecule has 0 bridgehead atoms. The first-order valence-corrected chi connectivity index (χ1v) is 7.95. The smallest absolute Gasteiger partial charge is 0.251 e. The molecule has 0 radical (unpaired) electrons. The van der Waals surface area contributed by atoms with Crippen molar-refractivity contribution in [1.82, 2.24) is 10.6 Å². The predicted molar refractivity (Wildman–Crippen MR) is 78.6 cm³/mol. The van der Waals surface area contributed by atoms with E-state index in [9.17, 15) is 4.79 Å². The molecule has 0 aromatic heterocycles. The minimum atomic E-state index is 0.160. The van der Waals surface area contributed by atoms with Gasteiger partial charge in [-0.25, -0.2) is 0 Å². The summed E-state index contributed by atoms with van der Waals surface area (Å²) in [7, 11) is 0. The van der Waals surface area contributed by atoms with Crippen LogP contribution in [0.4, 0.5) is 0 Å². The molecule has 3 nitrogen and oxygen atoms in total. The second kappa shape index (κ2) is 4.88. The lowest BCUT2D eigenvalue weighted by molar-refractivity contribution is 0.0925. The van der Waals surface area contributed by atoms with Gasteiger partial charge in [0.05, 0.1) is 0 Å². The average Bonchev–Trinajstić information content (AvgIpc) is 3.37. The van der Waals surface area contributed by atoms with Crippen LogP contribution >= 0.6 is 0 Å². The lowest BCUT2D eigenvalue weighted by Gasteiger charge is -2.22. The van der Waals surface area contributed by atoms with E-state index >= 15 is 0 Å². The summed E-state index contributed by atoms with van der Waals surface area (Å²) in [4.78, 5) is 12.7. The van der Waals surface area contributed by atoms with Crippen LogP contribution in [0.15, 0.2) is 18.2 Å². The minimum absolute atomic E-state index is 0.160. The molecule has 20 heavy (non-hydrogen) atoms. The molecule has 2 N–H and O–H groups in total. The summed E-state index contributed by atoms with van der Waals surface area (Å²) in [5, 5.41) is 6.72. The summed E-state index contributed by atoms with van der Waals surface area (Å²) in [6, 6.07) is 6.60. The fourth-order valence-electron chi connectivity index (χ4n) is 3.51. The van der Waals surface area contributed by atoms with Crippen LogP contribution in [0.25, 0.3) is 0 Å². The minimum Gasteiger partial charge on any atom is -0.349 e. The van der Waals surface area contributed by atoms with Gasteiger partial charge in [0, 0.05) is 18.2 Å². The third-order valence-electron chi connectivity index (χ3n) is 4.94. The van der Waals surface area contributed by atoms with Gasteiger partial charge in [-0.3, -0.25) is 4.79 Å². The van der Waals surface area contributed by atoms with Gasteiger partial charge in [-0.1, -0.05) is 12.1 Å². The Morgan fingerprint density at radius 3 is 2.65 bits per heavy atom. The molecule has 4 rings (SSSR count). The third kappa shape index (κ3) is 2.35. The van der Waals surface area contributed by atoms with Crippen molar-refractivity contribution in [1.29, 1.82) is 0 Å². The molecule has 1 aromatic carbocycles. The summed E-state index contributed by atoms with van der Waals surface area (Å²) in [6.07, 6.45) is 6.18. The standard InChI is InChI=1S/C17H22N2O/c20-17(19-16(11-4-5-11)12-6-7-12)15-3-1-2-13-10-18-9-8-14(13)15/h1-3,11-12,16,18H,4-10H2,(H,19,20). The molecule has 0 spiro atoms. The Kier molecular flexibility index (Phi) is 3.03. The largest absolute Gasteiger partial charge is 0.349 e. The molecule has 3 heteroatoms. The zero-order valence-corrected chi connectivity index (χ0v) is 11.8. The quantitative estimate of drug-likeness (QED) is 0.881. The van der Waals surface area contributed by atoms with Crippen LogP contribution in [0.5, 0.6) is 0 Å². The van der Waals surface area contributed by atoms with Crippen LogP contribution in [-0.2, 0) is 13.0 Å². The van der Waals surface area contributed by atoms with Gasteiger partial charge in [0.15, 0.2) is 0 Å². The Morgan fingerprint density at radius 1 is 1.20 bits per heavy atom. The highest BCUT2D eigenvalue weighted by Crippen LogP contribution is 2.44. The number of rotatable bonds is 4. The zero-order valence-electron chi connectivity index (χ0n) is 11.8. The van der Waals surface area contributed by atoms with Crippen molar-refractivity contribution in [2.24, 2.45) is 11.8 Å². The second-order valence-electron chi connectivity index (χ2n) is 6.54. The van der Waals surface area contributed by atoms with Gasteiger partial charge in [-0.2, -0.15) is 0 Å². The molecule has 2 aliphatic carbocycles. The normalized spacial score (nSPS) is 21.6. The molecule has 0 atom stereocenters. The Labute approximate surface area is 120 Å². The highest BCUT2D eigenvalue weighted by atomic mass is 16.1. The Morgan fingerprint density at radius 2 is 1.95 bits per heavy atom. The van der Waals surface area contributed by atoms with E-state index in [4.69, 9.17) is 0 Å². The first-order chi connectivity index (χ1) is 9.83. The molecule has 1 amide bonds. The Bertz CT molecular complexity index is 520. The predicted octanol–water partition coefficient (Wildman–Crippen LogP) is 2.25. The van der Waals surface area contributed by atoms with Crippen molar-refractivity contribution in [2.75, 3.05) is 6.54 Å². The van der Waals surface area contributed by atoms with Gasteiger partial charge in [-0.15, -0.1) is 0 Å². The van der Waals surface area contributed by atoms with Gasteiger partial charge in [-0.05, 0) is 67.7 Å². The van der Waals surface area contributed by atoms with Gasteiger partial charge in [0.1, 0.15) is 0 Å². The van der Waals surface area contributed by atoms with E-state index in [0.29, 0.717) is 6.04 Å². The number of amides is 1. The van der Waals surface area contributed by atoms with Gasteiger partial charge < -0.3 is 10.6 Å². The van der Waals surface area contributed by atoms with Crippen molar-refractivity contribution in [3.8, 4) is 0 Å². The van der Waals surface area contributed by atoms with Crippen LogP contribution in [0.2, 0.25) is 0 Å². The molecule has 1 aliphatic heterocycles. The molecule has 2 fully saturated rings. The summed E-state index contributed by atoms with van der Waals surface area (Å²) in [5.41, 5.74) is 3.46. The highest BCUT2D eigenvalue weighted by molar-refractivity contribution is 5.96. The average molecular weight is 270 g/mol. The van der Waals surface area contributed by atoms with Crippen LogP contribution < -0.4 is 10.6 Å². The van der Waals surface area contributed by atoms with Gasteiger partial charge in [0.25, 0.3) is 5.91 Å². The number of fused-ring (bicyclic) bond motifs is 1. The van der Waals surface area contributed by atoms with E-state index in [0.717, 1.165) is 36.9 Å². The number of carbonyl (C=O) groups is 1. The highest BCUT2D eigenvalue weighted by Gasteiger charge is 2.42. The molecule has 0 unspecified atom stereocenters. The lowest BCUT2D eigenvalue weighted by Crippen LogP contribution is -2.39. The SMILES string of the molecule is O=C(NC(C1CC1)C1CC1)c1cccc2c1CCNC2. The van der Waals surface area contributed by atoms with E-state index in [2.05, 4.69) is 16.7 Å². The molecular weight excluding hydrogens is 248 g/mol. The van der Waals surface area contributed by atoms with Crippen molar-refractivity contribution in [2.45, 2.75) is 44.7 Å². The van der Waals surface area contributed by atoms with E-state index in [-0.39, 0.29) is 5.91 Å². The maximum atomic E-state index is 12.7. The third-order valence-corrected chi connectivity index (χ3v) is 4.94. The summed E-state index contributed by atoms with van der Waals surface area (Å²) in [5.74, 6) is 1.67. The van der Waals surface area contributed by atoms with E-state index < -0.39 is 0 Å². The van der Waals surface area contributed by atoms with E-state index in [1.165, 1.54) is 36.8 Å². The summed E-state index contributed by atoms with van der Waals surface area (Å²) >= 11 is 0. The second-order valence-corrected chi connectivity index (χ2v) is 6.54. The number of carbonyl (C=O) groups excluding carboxylic acids is 1. The number of hydrogen-bond acceptors (Lipinski definition) is 2. The van der Waals surface area contributed by atoms with Crippen molar-refractivity contribution >= 4 is 5.91 Å². The molecule has 106 valence electrons. The van der Waals surface area contributed by atoms with Crippen LogP contribution in [0.3, 0.4) is 0 Å². The Hall–Kier alpha value is -1.35. The van der Waals surface area contributed by atoms with Crippen LogP contribution in [0.1, 0.15) is 47.2 Å². The topological polar surface area (TPSA) is 41.1 Å². The van der Waals surface area contributed by atoms with Crippen LogP contribution in [0, 0.1) is 11.8 Å². The number of benzene rings is 1. The summed E-state index contributed by atoms with van der Waals surface area (Å²) < 4.78 is 0. The van der Waals surface area contributed by atoms with Crippen molar-refractivity contribution < 1.29 is 4.79 Å². The van der Waals surface area contributed by atoms with Crippen molar-refractivity contribution in [3.63, 3.8) is 0 Å². The molecule has 1 heterocycles. The van der Waals surface area contributed by atoms with E-state index in [1.54, 1.807) is 0 Å². The fraction of sp³-hybridized carbons (Fsp3) is 0.588. The number of nitrogens with one attached hydrogen (secondary N) is 2. The molecule has 2 saturated carbocycles. The summed E-state index contributed by atoms with van der Waals surface area (Å²) in [6.45, 7) is 1.87. The van der Waals surface area contributed by atoms with Crippen molar-refractivity contribution in [3.05, 3.63) is 34.9 Å². The maximum Gasteiger partial charge on any atom is 0.251 e. The first-order valence-electron chi connectivity index (χ1n) is 7.95. The lowest BCUT2D eigenvalue weighted by atomic mass is 9.94. The first kappa shape index (κ1) is 12.4. The van der Waals surface area contributed by atoms with Gasteiger partial charge in [0.2, 0.25) is 0 Å².